The predicted molar refractivity (Wildman–Crippen MR) is 177 cm³/mol. The molecule has 0 spiro atoms. The lowest BCUT2D eigenvalue weighted by atomic mass is 9.94. The number of aromatic nitrogens is 6. The van der Waals surface area contributed by atoms with E-state index in [0.717, 1.165) is 35.8 Å². The minimum absolute atomic E-state index is 0. The molecule has 244 valence electrons. The van der Waals surface area contributed by atoms with Crippen molar-refractivity contribution in [3.63, 3.8) is 0 Å². The molecule has 9 nitrogen and oxygen atoms in total. The maximum Gasteiger partial charge on any atom is 0.233 e. The number of carbonyl (C=O) groups excluding carboxylic acids is 2. The van der Waals surface area contributed by atoms with Gasteiger partial charge >= 0.3 is 0 Å². The molecule has 0 N–H and O–H groups in total. The third-order valence-corrected chi connectivity index (χ3v) is 9.14. The van der Waals surface area contributed by atoms with Crippen molar-refractivity contribution in [3.05, 3.63) is 23.3 Å². The van der Waals surface area contributed by atoms with Crippen LogP contribution in [0.1, 0.15) is 137 Å². The van der Waals surface area contributed by atoms with Crippen molar-refractivity contribution in [3.8, 4) is 0 Å². The van der Waals surface area contributed by atoms with Gasteiger partial charge in [-0.2, -0.15) is 13.5 Å². The summed E-state index contributed by atoms with van der Waals surface area (Å²) in [6, 6.07) is 0.857. The summed E-state index contributed by atoms with van der Waals surface area (Å²) in [5.41, 5.74) is 3.76. The molecule has 5 rings (SSSR count). The smallest absolute Gasteiger partial charge is 0.233 e. The number of likely N-dealkylation sites (tertiary alicyclic amines) is 1. The second-order valence-corrected chi connectivity index (χ2v) is 14.4. The van der Waals surface area contributed by atoms with Crippen LogP contribution < -0.4 is 0 Å². The van der Waals surface area contributed by atoms with Gasteiger partial charge in [-0.05, 0) is 103 Å². The van der Waals surface area contributed by atoms with Gasteiger partial charge < -0.3 is 0 Å². The zero-order valence-corrected chi connectivity index (χ0v) is 29.8. The molecule has 2 fully saturated rings. The van der Waals surface area contributed by atoms with Gasteiger partial charge in [-0.15, -0.1) is 10.2 Å². The largest absolute Gasteiger partial charge is 0.280 e. The molecule has 43 heavy (non-hydrogen) atoms. The molecule has 3 heterocycles. The Bertz CT molecular complexity index is 1160. The monoisotopic (exact) mass is 617 g/mol. The van der Waals surface area contributed by atoms with Crippen LogP contribution in [0.5, 0.6) is 0 Å². The number of carbonyl (C=O) groups is 2. The van der Waals surface area contributed by atoms with E-state index in [9.17, 15) is 9.59 Å². The first-order valence-corrected chi connectivity index (χ1v) is 16.4. The van der Waals surface area contributed by atoms with Crippen molar-refractivity contribution in [2.75, 3.05) is 0 Å². The van der Waals surface area contributed by atoms with Crippen LogP contribution in [0.2, 0.25) is 0 Å². The topological polar surface area (TPSA) is 98.8 Å². The van der Waals surface area contributed by atoms with E-state index in [0.29, 0.717) is 24.4 Å². The molecular formula is C33H59N7O2S. The maximum atomic E-state index is 11.7. The van der Waals surface area contributed by atoms with Gasteiger partial charge in [0.05, 0.1) is 17.1 Å². The number of hydrogen-bond acceptors (Lipinski definition) is 6. The first-order valence-electron chi connectivity index (χ1n) is 16.4. The molecule has 4 unspecified atom stereocenters. The number of hydrogen-bond donors (Lipinski definition) is 0. The van der Waals surface area contributed by atoms with Crippen molar-refractivity contribution >= 4 is 25.3 Å². The highest BCUT2D eigenvalue weighted by molar-refractivity contribution is 7.59. The number of amides is 2. The van der Waals surface area contributed by atoms with Crippen molar-refractivity contribution in [1.82, 2.24) is 34.9 Å². The van der Waals surface area contributed by atoms with E-state index in [1.807, 2.05) is 38.6 Å². The van der Waals surface area contributed by atoms with E-state index in [2.05, 4.69) is 80.7 Å². The second kappa shape index (κ2) is 15.7. The SMILES string of the molecule is CC(C)C1C2CCc3nnn(C(C)C)c3CCC21.CC(C)C1CC(=O)N(C(C)C)C1=O.CC(C)c1cn(C(C)C)nn1.S. The number of imide groups is 1. The Morgan fingerprint density at radius 1 is 0.744 bits per heavy atom. The highest BCUT2D eigenvalue weighted by atomic mass is 32.1. The maximum absolute atomic E-state index is 11.7. The zero-order chi connectivity index (χ0) is 31.5. The first kappa shape index (κ1) is 37.0. The van der Waals surface area contributed by atoms with Crippen LogP contribution in [-0.2, 0) is 22.4 Å². The van der Waals surface area contributed by atoms with E-state index in [4.69, 9.17) is 0 Å². The summed E-state index contributed by atoms with van der Waals surface area (Å²) in [6.45, 7) is 25.3. The molecule has 0 radical (unpaired) electrons. The van der Waals surface area contributed by atoms with E-state index in [-0.39, 0.29) is 43.2 Å². The van der Waals surface area contributed by atoms with Gasteiger partial charge in [0.2, 0.25) is 11.8 Å². The van der Waals surface area contributed by atoms with Crippen LogP contribution in [0.4, 0.5) is 0 Å². The summed E-state index contributed by atoms with van der Waals surface area (Å²) in [4.78, 5) is 24.5. The molecule has 0 bridgehead atoms. The molecule has 0 aromatic carbocycles. The average Bonchev–Trinajstić information content (AvgIpc) is 3.24. The Morgan fingerprint density at radius 3 is 1.74 bits per heavy atom. The summed E-state index contributed by atoms with van der Waals surface area (Å²) in [6.07, 6.45) is 7.42. The molecule has 2 aromatic heterocycles. The van der Waals surface area contributed by atoms with Crippen molar-refractivity contribution < 1.29 is 9.59 Å². The van der Waals surface area contributed by atoms with Crippen molar-refractivity contribution in [2.45, 2.75) is 139 Å². The molecule has 2 aromatic rings. The van der Waals surface area contributed by atoms with Crippen LogP contribution in [0.3, 0.4) is 0 Å². The van der Waals surface area contributed by atoms with Crippen LogP contribution in [0.15, 0.2) is 6.20 Å². The molecular weight excluding hydrogens is 558 g/mol. The fourth-order valence-electron chi connectivity index (χ4n) is 6.64. The third kappa shape index (κ3) is 8.92. The van der Waals surface area contributed by atoms with Crippen LogP contribution >= 0.6 is 13.5 Å². The minimum atomic E-state index is -0.0881. The lowest BCUT2D eigenvalue weighted by Crippen LogP contribution is -2.37. The standard InChI is InChI=1S/C15H25N3.C10H17NO2.C8H15N3.H2S/c1-9(2)15-11-5-7-13-14(8-6-12(11)15)18(10(3)4)17-16-13;1-6(2)8-5-9(12)11(7(3)4)10(8)13;1-6(2)8-5-11(7(3)4)10-9-8;/h9-12,15H,5-8H2,1-4H3;6-8H,5H2,1-4H3;5-7H,1-4H3;1H2. The van der Waals surface area contributed by atoms with Gasteiger partial charge in [-0.1, -0.05) is 52.0 Å². The molecule has 3 aliphatic rings. The summed E-state index contributed by atoms with van der Waals surface area (Å²) in [5.74, 6) is 4.44. The molecule has 1 saturated heterocycles. The number of fused-ring (bicyclic) bond motifs is 2. The predicted octanol–water partition coefficient (Wildman–Crippen LogP) is 6.78. The Kier molecular flexibility index (Phi) is 13.5. The Balaban J connectivity index is 0.000000231. The number of nitrogens with zero attached hydrogens (tertiary/aromatic N) is 7. The second-order valence-electron chi connectivity index (χ2n) is 14.4. The Hall–Kier alpha value is -2.23. The van der Waals surface area contributed by atoms with Gasteiger partial charge in [0, 0.05) is 36.7 Å². The molecule has 2 aliphatic carbocycles. The highest BCUT2D eigenvalue weighted by Crippen LogP contribution is 2.56. The van der Waals surface area contributed by atoms with E-state index >= 15 is 0 Å². The van der Waals surface area contributed by atoms with Gasteiger partial charge in [0.15, 0.2) is 0 Å². The molecule has 4 atom stereocenters. The van der Waals surface area contributed by atoms with Gasteiger partial charge in [0.25, 0.3) is 0 Å². The van der Waals surface area contributed by atoms with Gasteiger partial charge in [0.1, 0.15) is 0 Å². The van der Waals surface area contributed by atoms with E-state index < -0.39 is 0 Å². The van der Waals surface area contributed by atoms with Crippen LogP contribution in [-0.4, -0.2) is 52.7 Å². The molecule has 1 saturated carbocycles. The quantitative estimate of drug-likeness (QED) is 0.332. The van der Waals surface area contributed by atoms with E-state index in [1.54, 1.807) is 0 Å². The van der Waals surface area contributed by atoms with Crippen LogP contribution in [0, 0.1) is 35.5 Å². The Morgan fingerprint density at radius 2 is 1.35 bits per heavy atom. The van der Waals surface area contributed by atoms with E-state index in [1.165, 1.54) is 35.6 Å². The minimum Gasteiger partial charge on any atom is -0.280 e. The highest BCUT2D eigenvalue weighted by Gasteiger charge is 2.50. The zero-order valence-electron chi connectivity index (χ0n) is 28.8. The summed E-state index contributed by atoms with van der Waals surface area (Å²) in [5, 5.41) is 16.8. The Labute approximate surface area is 267 Å². The normalized spacial score (nSPS) is 23.1. The van der Waals surface area contributed by atoms with Gasteiger partial charge in [-0.25, -0.2) is 9.36 Å². The van der Waals surface area contributed by atoms with Crippen LogP contribution in [0.25, 0.3) is 0 Å². The summed E-state index contributed by atoms with van der Waals surface area (Å²) in [7, 11) is 0. The summed E-state index contributed by atoms with van der Waals surface area (Å²) >= 11 is 0. The molecule has 1 aliphatic heterocycles. The lowest BCUT2D eigenvalue weighted by Gasteiger charge is -2.19. The molecule has 10 heteroatoms. The first-order chi connectivity index (χ1) is 19.6. The number of aryl methyl sites for hydroxylation is 1. The van der Waals surface area contributed by atoms with Crippen molar-refractivity contribution in [2.24, 2.45) is 35.5 Å². The fraction of sp³-hybridized carbons (Fsp3) is 0.818. The average molecular weight is 618 g/mol. The molecule has 2 amide bonds. The fourth-order valence-corrected chi connectivity index (χ4v) is 6.64. The third-order valence-electron chi connectivity index (χ3n) is 9.14. The van der Waals surface area contributed by atoms with Crippen molar-refractivity contribution in [1.29, 1.82) is 0 Å². The summed E-state index contributed by atoms with van der Waals surface area (Å²) < 4.78 is 4.03. The lowest BCUT2D eigenvalue weighted by molar-refractivity contribution is -0.141. The van der Waals surface area contributed by atoms with Gasteiger partial charge in [-0.3, -0.25) is 14.5 Å². The number of rotatable bonds is 6.